The first-order valence-corrected chi connectivity index (χ1v) is 18.0. The van der Waals surface area contributed by atoms with Gasteiger partial charge >= 0.3 is 5.97 Å². The Morgan fingerprint density at radius 3 is 2.23 bits per heavy atom. The number of likely N-dealkylation sites (N-methyl/N-ethyl adjacent to an activating group) is 2. The maximum atomic E-state index is 14.3. The van der Waals surface area contributed by atoms with E-state index >= 15 is 0 Å². The molecule has 3 heterocycles. The molecule has 3 aliphatic heterocycles. The van der Waals surface area contributed by atoms with E-state index in [-0.39, 0.29) is 41.9 Å². The minimum absolute atomic E-state index is 0.0423. The lowest BCUT2D eigenvalue weighted by molar-refractivity contribution is -0.295. The van der Waals surface area contributed by atoms with Gasteiger partial charge in [0.05, 0.1) is 17.8 Å². The van der Waals surface area contributed by atoms with Gasteiger partial charge in [-0.05, 0) is 111 Å². The molecular formula is C37H69N3O7. The lowest BCUT2D eigenvalue weighted by atomic mass is 9.74. The number of carbonyl (C=O) groups is 2. The molecule has 1 N–H and O–H groups in total. The lowest BCUT2D eigenvalue weighted by Gasteiger charge is -2.47. The third kappa shape index (κ3) is 10.4. The molecule has 3 fully saturated rings. The predicted molar refractivity (Wildman–Crippen MR) is 185 cm³/mol. The summed E-state index contributed by atoms with van der Waals surface area (Å²) in [6.45, 7) is 22.4. The Morgan fingerprint density at radius 1 is 1.06 bits per heavy atom. The van der Waals surface area contributed by atoms with Crippen LogP contribution in [0.4, 0.5) is 0 Å². The van der Waals surface area contributed by atoms with Gasteiger partial charge in [0.2, 0.25) is 0 Å². The van der Waals surface area contributed by atoms with Crippen LogP contribution in [0.3, 0.4) is 0 Å². The molecule has 3 saturated heterocycles. The SMILES string of the molecule is CO[C@]1(C)C[C@@H](C)CN(C)[C@@H](CC2CCN(CC(C)(C)C)CC2)COC(=O)C(C)(C)C(=O)[C@H](C)[C@H]1O[C@@H]1O[C@H](C)C[C@H](N(C)C)[C@H]1O. The summed E-state index contributed by atoms with van der Waals surface area (Å²) in [7, 11) is 7.64. The molecule has 10 heteroatoms. The molecular weight excluding hydrogens is 598 g/mol. The van der Waals surface area contributed by atoms with E-state index in [2.05, 4.69) is 44.5 Å². The molecule has 0 unspecified atom stereocenters. The monoisotopic (exact) mass is 668 g/mol. The number of carbonyl (C=O) groups excluding carboxylic acids is 2. The number of ether oxygens (including phenoxy) is 4. The van der Waals surface area contributed by atoms with Crippen molar-refractivity contribution in [3.63, 3.8) is 0 Å². The number of Topliss-reactive ketones (excluding diaryl/α,β-unsaturated/α-hetero) is 1. The highest BCUT2D eigenvalue weighted by molar-refractivity contribution is 6.04. The highest BCUT2D eigenvalue weighted by atomic mass is 16.7. The molecule has 0 radical (unpaired) electrons. The van der Waals surface area contributed by atoms with Crippen LogP contribution in [-0.4, -0.2) is 135 Å². The minimum Gasteiger partial charge on any atom is -0.463 e. The summed E-state index contributed by atoms with van der Waals surface area (Å²) >= 11 is 0. The average molecular weight is 668 g/mol. The summed E-state index contributed by atoms with van der Waals surface area (Å²) in [5.41, 5.74) is -2.03. The molecule has 0 aliphatic carbocycles. The number of aliphatic hydroxyl groups is 1. The number of piperidine rings is 1. The standard InChI is InChI=1S/C37H69N3O7/c1-24-20-37(9,44-13)32(47-33-30(41)29(38(10)11)18-25(2)46-33)26(3)31(42)36(7,8)34(43)45-22-28(39(12)21-24)19-27-14-16-40(17-15-27)23-35(4,5)6/h24-30,32-33,41H,14-23H2,1-13H3/t24-,25-,26+,28+,29+,30-,32-,33+,37-/m1/s1. The lowest BCUT2D eigenvalue weighted by Crippen LogP contribution is -2.59. The van der Waals surface area contributed by atoms with E-state index in [1.807, 2.05) is 32.8 Å². The molecule has 0 spiro atoms. The van der Waals surface area contributed by atoms with Crippen LogP contribution in [0.1, 0.15) is 94.4 Å². The first-order valence-electron chi connectivity index (χ1n) is 18.0. The van der Waals surface area contributed by atoms with Crippen LogP contribution in [0, 0.1) is 28.6 Å². The van der Waals surface area contributed by atoms with Crippen LogP contribution in [0.5, 0.6) is 0 Å². The van der Waals surface area contributed by atoms with Gasteiger partial charge in [-0.1, -0.05) is 34.6 Å². The van der Waals surface area contributed by atoms with Gasteiger partial charge in [0.15, 0.2) is 12.1 Å². The molecule has 0 aromatic carbocycles. The van der Waals surface area contributed by atoms with Crippen LogP contribution < -0.4 is 0 Å². The van der Waals surface area contributed by atoms with Gasteiger partial charge in [-0.25, -0.2) is 0 Å². The normalized spacial score (nSPS) is 38.0. The average Bonchev–Trinajstić information content (AvgIpc) is 2.97. The number of aliphatic hydroxyl groups excluding tert-OH is 1. The van der Waals surface area contributed by atoms with Gasteiger partial charge in [-0.3, -0.25) is 14.5 Å². The topological polar surface area (TPSA) is 101 Å². The third-order valence-corrected chi connectivity index (χ3v) is 11.0. The summed E-state index contributed by atoms with van der Waals surface area (Å²) in [4.78, 5) is 34.9. The van der Waals surface area contributed by atoms with Gasteiger partial charge in [0, 0.05) is 38.2 Å². The second-order valence-electron chi connectivity index (χ2n) is 17.4. The van der Waals surface area contributed by atoms with E-state index in [9.17, 15) is 14.7 Å². The van der Waals surface area contributed by atoms with Gasteiger partial charge in [0.1, 0.15) is 18.1 Å². The quantitative estimate of drug-likeness (QED) is 0.309. The van der Waals surface area contributed by atoms with Gasteiger partial charge in [-0.2, -0.15) is 0 Å². The summed E-state index contributed by atoms with van der Waals surface area (Å²) in [5.74, 6) is -0.817. The van der Waals surface area contributed by atoms with Crippen LogP contribution in [0.15, 0.2) is 0 Å². The Kier molecular flexibility index (Phi) is 13.9. The van der Waals surface area contributed by atoms with Crippen molar-refractivity contribution in [1.82, 2.24) is 14.7 Å². The van der Waals surface area contributed by atoms with E-state index in [4.69, 9.17) is 18.9 Å². The first kappa shape index (κ1) is 40.3. The molecule has 9 atom stereocenters. The van der Waals surface area contributed by atoms with Crippen molar-refractivity contribution in [2.75, 3.05) is 61.0 Å². The fourth-order valence-corrected chi connectivity index (χ4v) is 8.27. The molecule has 0 aromatic rings. The molecule has 0 saturated carbocycles. The Balaban J connectivity index is 1.88. The number of esters is 1. The van der Waals surface area contributed by atoms with Crippen LogP contribution >= 0.6 is 0 Å². The predicted octanol–water partition coefficient (Wildman–Crippen LogP) is 4.47. The Morgan fingerprint density at radius 2 is 1.68 bits per heavy atom. The zero-order valence-electron chi connectivity index (χ0n) is 32.0. The van der Waals surface area contributed by atoms with E-state index < -0.39 is 41.4 Å². The van der Waals surface area contributed by atoms with Crippen LogP contribution in [-0.2, 0) is 28.5 Å². The summed E-state index contributed by atoms with van der Waals surface area (Å²) in [5, 5.41) is 11.3. The summed E-state index contributed by atoms with van der Waals surface area (Å²) in [6, 6.07) is -0.124. The Hall–Kier alpha value is -1.14. The second kappa shape index (κ2) is 16.3. The number of cyclic esters (lactones) is 1. The zero-order valence-corrected chi connectivity index (χ0v) is 32.0. The maximum absolute atomic E-state index is 14.3. The third-order valence-electron chi connectivity index (χ3n) is 11.0. The van der Waals surface area contributed by atoms with E-state index in [0.29, 0.717) is 18.8 Å². The largest absolute Gasteiger partial charge is 0.463 e. The van der Waals surface area contributed by atoms with Crippen molar-refractivity contribution in [2.45, 2.75) is 137 Å². The molecule has 0 aromatic heterocycles. The number of methoxy groups -OCH3 is 1. The van der Waals surface area contributed by atoms with Crippen LogP contribution in [0.2, 0.25) is 0 Å². The highest BCUT2D eigenvalue weighted by Gasteiger charge is 2.51. The molecule has 0 amide bonds. The first-order chi connectivity index (χ1) is 21.7. The summed E-state index contributed by atoms with van der Waals surface area (Å²) < 4.78 is 25.1. The van der Waals surface area contributed by atoms with Crippen molar-refractivity contribution in [1.29, 1.82) is 0 Å². The van der Waals surface area contributed by atoms with Gasteiger partial charge in [0.25, 0.3) is 0 Å². The second-order valence-corrected chi connectivity index (χ2v) is 17.4. The Labute approximate surface area is 286 Å². The number of likely N-dealkylation sites (tertiary alicyclic amines) is 1. The number of ketones is 1. The fraction of sp³-hybridized carbons (Fsp3) is 0.946. The van der Waals surface area contributed by atoms with E-state index in [1.54, 1.807) is 27.9 Å². The van der Waals surface area contributed by atoms with Crippen molar-refractivity contribution in [2.24, 2.45) is 28.6 Å². The highest BCUT2D eigenvalue weighted by Crippen LogP contribution is 2.38. The minimum atomic E-state index is -1.40. The van der Waals surface area contributed by atoms with Gasteiger partial charge < -0.3 is 33.9 Å². The molecule has 10 nitrogen and oxygen atoms in total. The van der Waals surface area contributed by atoms with Crippen molar-refractivity contribution < 1.29 is 33.6 Å². The molecule has 0 bridgehead atoms. The summed E-state index contributed by atoms with van der Waals surface area (Å²) in [6.07, 6.45) is 1.67. The van der Waals surface area contributed by atoms with E-state index in [1.165, 1.54) is 0 Å². The van der Waals surface area contributed by atoms with Crippen molar-refractivity contribution in [3.05, 3.63) is 0 Å². The van der Waals surface area contributed by atoms with Gasteiger partial charge in [-0.15, -0.1) is 0 Å². The molecule has 3 rings (SSSR count). The zero-order chi connectivity index (χ0) is 35.5. The number of nitrogens with zero attached hydrogens (tertiary/aromatic N) is 3. The number of hydrogen-bond acceptors (Lipinski definition) is 10. The number of hydrogen-bond donors (Lipinski definition) is 1. The fourth-order valence-electron chi connectivity index (χ4n) is 8.27. The molecule has 274 valence electrons. The maximum Gasteiger partial charge on any atom is 0.319 e. The molecule has 47 heavy (non-hydrogen) atoms. The number of rotatable bonds is 7. The smallest absolute Gasteiger partial charge is 0.319 e. The van der Waals surface area contributed by atoms with Crippen molar-refractivity contribution in [3.8, 4) is 0 Å². The van der Waals surface area contributed by atoms with Crippen molar-refractivity contribution >= 4 is 11.8 Å². The van der Waals surface area contributed by atoms with E-state index in [0.717, 1.165) is 45.4 Å². The van der Waals surface area contributed by atoms with Crippen LogP contribution in [0.25, 0.3) is 0 Å². The molecule has 3 aliphatic rings. The Bertz CT molecular complexity index is 1020.